The number of ketones is 2. The molecule has 0 aromatic heterocycles. The van der Waals surface area contributed by atoms with Crippen LogP contribution < -0.4 is 0 Å². The van der Waals surface area contributed by atoms with Crippen molar-refractivity contribution in [1.82, 2.24) is 0 Å². The summed E-state index contributed by atoms with van der Waals surface area (Å²) in [7, 11) is 1.66. The van der Waals surface area contributed by atoms with Gasteiger partial charge in [0, 0.05) is 45.8 Å². The maximum atomic E-state index is 11.5. The number of methoxy groups -OCH3 is 1. The van der Waals surface area contributed by atoms with Crippen molar-refractivity contribution in [3.05, 3.63) is 0 Å². The summed E-state index contributed by atoms with van der Waals surface area (Å²) in [5.74, 6) is 0.544. The number of hydrogen-bond donors (Lipinski definition) is 0. The topological polar surface area (TPSA) is 60.4 Å². The van der Waals surface area contributed by atoms with Gasteiger partial charge in [0.15, 0.2) is 0 Å². The van der Waals surface area contributed by atoms with E-state index >= 15 is 0 Å². The number of carbonyl (C=O) groups is 3. The second kappa shape index (κ2) is 14.4. The molecule has 116 valence electrons. The Balaban J connectivity index is 3.34. The first-order valence-corrected chi connectivity index (χ1v) is 7.66. The average molecular weight is 284 g/mol. The zero-order chi connectivity index (χ0) is 15.1. The highest BCUT2D eigenvalue weighted by molar-refractivity contribution is 5.79. The van der Waals surface area contributed by atoms with Crippen LogP contribution in [0.4, 0.5) is 0 Å². The van der Waals surface area contributed by atoms with Gasteiger partial charge < -0.3 is 9.53 Å². The van der Waals surface area contributed by atoms with Crippen molar-refractivity contribution in [2.45, 2.75) is 70.6 Å². The molecule has 0 spiro atoms. The molecule has 20 heavy (non-hydrogen) atoms. The number of rotatable bonds is 15. The number of hydrogen-bond acceptors (Lipinski definition) is 4. The van der Waals surface area contributed by atoms with E-state index in [-0.39, 0.29) is 5.78 Å². The lowest BCUT2D eigenvalue weighted by Gasteiger charge is -2.02. The number of ether oxygens (including phenoxy) is 1. The molecule has 0 saturated carbocycles. The summed E-state index contributed by atoms with van der Waals surface area (Å²) in [6.07, 6.45) is 8.83. The van der Waals surface area contributed by atoms with E-state index in [0.29, 0.717) is 44.5 Å². The van der Waals surface area contributed by atoms with E-state index in [4.69, 9.17) is 4.74 Å². The lowest BCUT2D eigenvalue weighted by atomic mass is 10.0. The smallest absolute Gasteiger partial charge is 0.132 e. The van der Waals surface area contributed by atoms with Crippen LogP contribution in [0.15, 0.2) is 0 Å². The Kier molecular flexibility index (Phi) is 13.6. The maximum absolute atomic E-state index is 11.5. The Labute approximate surface area is 122 Å². The normalized spacial score (nSPS) is 10.4. The van der Waals surface area contributed by atoms with E-state index in [1.165, 1.54) is 0 Å². The molecular formula is C16H28O4. The lowest BCUT2D eigenvalue weighted by molar-refractivity contribution is -0.121. The van der Waals surface area contributed by atoms with Gasteiger partial charge in [-0.05, 0) is 38.5 Å². The molecule has 0 radical (unpaired) electrons. The van der Waals surface area contributed by atoms with Crippen molar-refractivity contribution >= 4 is 17.9 Å². The predicted molar refractivity (Wildman–Crippen MR) is 78.7 cm³/mol. The molecular weight excluding hydrogens is 256 g/mol. The zero-order valence-electron chi connectivity index (χ0n) is 12.7. The molecule has 0 aliphatic heterocycles. The number of unbranched alkanes of at least 4 members (excludes halogenated alkanes) is 4. The molecule has 4 heteroatoms. The van der Waals surface area contributed by atoms with Crippen molar-refractivity contribution in [2.24, 2.45) is 0 Å². The summed E-state index contributed by atoms with van der Waals surface area (Å²) >= 11 is 0. The van der Waals surface area contributed by atoms with Crippen LogP contribution in [0.5, 0.6) is 0 Å². The molecule has 0 fully saturated rings. The van der Waals surface area contributed by atoms with Gasteiger partial charge in [-0.1, -0.05) is 0 Å². The fraction of sp³-hybridized carbons (Fsp3) is 0.812. The van der Waals surface area contributed by atoms with Gasteiger partial charge in [0.05, 0.1) is 0 Å². The van der Waals surface area contributed by atoms with E-state index < -0.39 is 0 Å². The van der Waals surface area contributed by atoms with Gasteiger partial charge in [0.1, 0.15) is 17.9 Å². The number of Topliss-reactive ketones (excluding diaryl/α,β-unsaturated/α-hetero) is 2. The van der Waals surface area contributed by atoms with Crippen molar-refractivity contribution in [3.8, 4) is 0 Å². The third kappa shape index (κ3) is 13.4. The van der Waals surface area contributed by atoms with Crippen LogP contribution in [0.3, 0.4) is 0 Å². The first-order chi connectivity index (χ1) is 9.70. The fourth-order valence-corrected chi connectivity index (χ4v) is 2.01. The number of aldehydes is 1. The minimum atomic E-state index is 0.253. The standard InChI is InChI=1S/C16H28O4/c1-20-14-8-6-12-16(19)11-5-4-10-15(18)9-3-2-7-13-17/h13H,2-12,14H2,1H3. The predicted octanol–water partition coefficient (Wildman–Crippen LogP) is 3.26. The van der Waals surface area contributed by atoms with E-state index in [1.54, 1.807) is 7.11 Å². The first-order valence-electron chi connectivity index (χ1n) is 7.66. The van der Waals surface area contributed by atoms with Crippen LogP contribution in [0.25, 0.3) is 0 Å². The molecule has 4 nitrogen and oxygen atoms in total. The summed E-state index contributed by atoms with van der Waals surface area (Å²) < 4.78 is 4.93. The monoisotopic (exact) mass is 284 g/mol. The van der Waals surface area contributed by atoms with E-state index in [0.717, 1.165) is 44.8 Å². The molecule has 0 unspecified atom stereocenters. The summed E-state index contributed by atoms with van der Waals surface area (Å²) in [5.41, 5.74) is 0. The molecule has 0 rings (SSSR count). The molecule has 0 atom stereocenters. The van der Waals surface area contributed by atoms with E-state index in [9.17, 15) is 14.4 Å². The third-order valence-electron chi connectivity index (χ3n) is 3.24. The van der Waals surface area contributed by atoms with Crippen LogP contribution in [-0.4, -0.2) is 31.6 Å². The highest BCUT2D eigenvalue weighted by atomic mass is 16.5. The summed E-state index contributed by atoms with van der Waals surface area (Å²) in [6, 6.07) is 0. The molecule has 0 heterocycles. The minimum Gasteiger partial charge on any atom is -0.385 e. The molecule has 0 saturated heterocycles. The Morgan fingerprint density at radius 3 is 1.70 bits per heavy atom. The van der Waals surface area contributed by atoms with Crippen LogP contribution in [-0.2, 0) is 19.1 Å². The van der Waals surface area contributed by atoms with Gasteiger partial charge in [-0.2, -0.15) is 0 Å². The maximum Gasteiger partial charge on any atom is 0.132 e. The lowest BCUT2D eigenvalue weighted by Crippen LogP contribution is -2.01. The van der Waals surface area contributed by atoms with E-state index in [2.05, 4.69) is 0 Å². The quantitative estimate of drug-likeness (QED) is 0.342. The molecule has 0 aliphatic carbocycles. The largest absolute Gasteiger partial charge is 0.385 e. The van der Waals surface area contributed by atoms with Gasteiger partial charge in [-0.3, -0.25) is 9.59 Å². The highest BCUT2D eigenvalue weighted by Gasteiger charge is 2.04. The van der Waals surface area contributed by atoms with Gasteiger partial charge in [-0.25, -0.2) is 0 Å². The van der Waals surface area contributed by atoms with Gasteiger partial charge in [0.2, 0.25) is 0 Å². The van der Waals surface area contributed by atoms with Crippen molar-refractivity contribution in [3.63, 3.8) is 0 Å². The fourth-order valence-electron chi connectivity index (χ4n) is 2.01. The Morgan fingerprint density at radius 2 is 1.25 bits per heavy atom. The van der Waals surface area contributed by atoms with Crippen LogP contribution >= 0.6 is 0 Å². The zero-order valence-corrected chi connectivity index (χ0v) is 12.7. The summed E-state index contributed by atoms with van der Waals surface area (Å²) in [6.45, 7) is 0.714. The van der Waals surface area contributed by atoms with Crippen molar-refractivity contribution in [2.75, 3.05) is 13.7 Å². The number of carbonyl (C=O) groups excluding carboxylic acids is 3. The summed E-state index contributed by atoms with van der Waals surface area (Å²) in [4.78, 5) is 33.2. The molecule has 0 aromatic carbocycles. The minimum absolute atomic E-state index is 0.253. The highest BCUT2D eigenvalue weighted by Crippen LogP contribution is 2.08. The first kappa shape index (κ1) is 19.0. The Hall–Kier alpha value is -1.03. The molecule has 0 N–H and O–H groups in total. The Bertz CT molecular complexity index is 274. The third-order valence-corrected chi connectivity index (χ3v) is 3.24. The second-order valence-electron chi connectivity index (χ2n) is 5.15. The van der Waals surface area contributed by atoms with Crippen LogP contribution in [0.1, 0.15) is 70.6 Å². The van der Waals surface area contributed by atoms with Crippen LogP contribution in [0.2, 0.25) is 0 Å². The molecule has 0 aromatic rings. The van der Waals surface area contributed by atoms with Gasteiger partial charge >= 0.3 is 0 Å². The molecule has 0 bridgehead atoms. The SMILES string of the molecule is COCCCCC(=O)CCCCC(=O)CCCCC=O. The van der Waals surface area contributed by atoms with Crippen molar-refractivity contribution < 1.29 is 19.1 Å². The van der Waals surface area contributed by atoms with Crippen LogP contribution in [0, 0.1) is 0 Å². The van der Waals surface area contributed by atoms with Gasteiger partial charge in [-0.15, -0.1) is 0 Å². The van der Waals surface area contributed by atoms with E-state index in [1.807, 2.05) is 0 Å². The Morgan fingerprint density at radius 1 is 0.800 bits per heavy atom. The second-order valence-corrected chi connectivity index (χ2v) is 5.15. The molecule has 0 amide bonds. The average Bonchev–Trinajstić information content (AvgIpc) is 2.44. The van der Waals surface area contributed by atoms with Crippen molar-refractivity contribution in [1.29, 1.82) is 0 Å². The van der Waals surface area contributed by atoms with Gasteiger partial charge in [0.25, 0.3) is 0 Å². The summed E-state index contributed by atoms with van der Waals surface area (Å²) in [5, 5.41) is 0. The molecule has 0 aliphatic rings.